The Balaban J connectivity index is 1.76. The van der Waals surface area contributed by atoms with Gasteiger partial charge in [-0.3, -0.25) is 0 Å². The number of imidazole rings is 1. The Kier molecular flexibility index (Phi) is 3.89. The number of benzene rings is 2. The molecule has 2 N–H and O–H groups in total. The minimum absolute atomic E-state index is 0.165. The second kappa shape index (κ2) is 6.00. The minimum atomic E-state index is -3.70. The Bertz CT molecular complexity index is 1150. The van der Waals surface area contributed by atoms with E-state index in [1.807, 2.05) is 25.1 Å². The van der Waals surface area contributed by atoms with Gasteiger partial charge < -0.3 is 14.7 Å². The molecule has 1 aliphatic rings. The fourth-order valence-corrected chi connectivity index (χ4v) is 5.17. The molecule has 0 saturated heterocycles. The number of sulfonamides is 1. The molecule has 8 heteroatoms. The van der Waals surface area contributed by atoms with Gasteiger partial charge in [-0.25, -0.2) is 13.2 Å². The molecule has 26 heavy (non-hydrogen) atoms. The quantitative estimate of drug-likeness (QED) is 0.736. The number of nitrogens with one attached hydrogen (secondary N) is 2. The van der Waals surface area contributed by atoms with Crippen LogP contribution in [-0.4, -0.2) is 36.3 Å². The highest BCUT2D eigenvalue weighted by atomic mass is 32.2. The van der Waals surface area contributed by atoms with Crippen LogP contribution in [0.2, 0.25) is 0 Å². The number of rotatable bonds is 3. The molecular weight excluding hydrogens is 354 g/mol. The number of hydrogen-bond donors (Lipinski definition) is 2. The summed E-state index contributed by atoms with van der Waals surface area (Å²) in [6, 6.07) is 10.1. The maximum Gasteiger partial charge on any atom is 0.323 e. The van der Waals surface area contributed by atoms with Crippen LogP contribution in [0.1, 0.15) is 24.1 Å². The molecule has 2 aromatic carbocycles. The molecule has 0 fully saturated rings. The van der Waals surface area contributed by atoms with Gasteiger partial charge in [0.25, 0.3) is 0 Å². The maximum absolute atomic E-state index is 13.2. The first-order valence-electron chi connectivity index (χ1n) is 8.31. The van der Waals surface area contributed by atoms with E-state index in [9.17, 15) is 13.2 Å². The van der Waals surface area contributed by atoms with Gasteiger partial charge in [0.05, 0.1) is 23.0 Å². The van der Waals surface area contributed by atoms with Crippen molar-refractivity contribution >= 4 is 21.1 Å². The number of methoxy groups -OCH3 is 1. The number of hydrogen-bond acceptors (Lipinski definition) is 4. The molecule has 1 unspecified atom stereocenters. The van der Waals surface area contributed by atoms with E-state index in [2.05, 4.69) is 9.97 Å². The zero-order chi connectivity index (χ0) is 18.5. The summed E-state index contributed by atoms with van der Waals surface area (Å²) in [6.07, 6.45) is 0.645. The Morgan fingerprint density at radius 2 is 1.88 bits per heavy atom. The Morgan fingerprint density at radius 1 is 1.12 bits per heavy atom. The van der Waals surface area contributed by atoms with Crippen LogP contribution < -0.4 is 10.4 Å². The normalized spacial score (nSPS) is 18.0. The highest BCUT2D eigenvalue weighted by molar-refractivity contribution is 7.89. The van der Waals surface area contributed by atoms with Crippen LogP contribution in [0, 0.1) is 0 Å². The first-order valence-corrected chi connectivity index (χ1v) is 9.75. The van der Waals surface area contributed by atoms with Crippen LogP contribution >= 0.6 is 0 Å². The lowest BCUT2D eigenvalue weighted by Crippen LogP contribution is -2.38. The van der Waals surface area contributed by atoms with Gasteiger partial charge in [-0.2, -0.15) is 4.31 Å². The first kappa shape index (κ1) is 16.9. The smallest absolute Gasteiger partial charge is 0.323 e. The van der Waals surface area contributed by atoms with Gasteiger partial charge in [-0.05, 0) is 54.8 Å². The molecule has 136 valence electrons. The second-order valence-electron chi connectivity index (χ2n) is 6.39. The standard InChI is InChI=1S/C18H19N3O4S/c1-11-15-9-13(25-2)4-3-12(15)7-8-21(11)26(23,24)14-5-6-16-17(10-14)20-18(22)19-16/h3-6,9-11H,7-8H2,1-2H3,(H2,19,20,22). The molecule has 0 bridgehead atoms. The van der Waals surface area contributed by atoms with Crippen molar-refractivity contribution in [2.45, 2.75) is 24.3 Å². The topological polar surface area (TPSA) is 95.3 Å². The number of ether oxygens (including phenoxy) is 1. The highest BCUT2D eigenvalue weighted by Gasteiger charge is 2.34. The Morgan fingerprint density at radius 3 is 2.65 bits per heavy atom. The van der Waals surface area contributed by atoms with Crippen molar-refractivity contribution < 1.29 is 13.2 Å². The predicted molar refractivity (Wildman–Crippen MR) is 97.9 cm³/mol. The van der Waals surface area contributed by atoms with Crippen LogP contribution in [-0.2, 0) is 16.4 Å². The third-order valence-electron chi connectivity index (χ3n) is 4.93. The van der Waals surface area contributed by atoms with E-state index < -0.39 is 10.0 Å². The summed E-state index contributed by atoms with van der Waals surface area (Å²) >= 11 is 0. The van der Waals surface area contributed by atoms with Crippen molar-refractivity contribution in [1.82, 2.24) is 14.3 Å². The summed E-state index contributed by atoms with van der Waals surface area (Å²) in [4.78, 5) is 16.8. The van der Waals surface area contributed by atoms with Gasteiger partial charge in [0.15, 0.2) is 0 Å². The van der Waals surface area contributed by atoms with Crippen LogP contribution in [0.5, 0.6) is 5.75 Å². The first-order chi connectivity index (χ1) is 12.4. The largest absolute Gasteiger partial charge is 0.497 e. The van der Waals surface area contributed by atoms with E-state index in [0.29, 0.717) is 29.7 Å². The van der Waals surface area contributed by atoms with E-state index >= 15 is 0 Å². The fraction of sp³-hybridized carbons (Fsp3) is 0.278. The van der Waals surface area contributed by atoms with Crippen molar-refractivity contribution in [2.75, 3.05) is 13.7 Å². The average Bonchev–Trinajstić information content (AvgIpc) is 3.00. The second-order valence-corrected chi connectivity index (χ2v) is 8.28. The average molecular weight is 373 g/mol. The van der Waals surface area contributed by atoms with Gasteiger partial charge in [0, 0.05) is 12.6 Å². The predicted octanol–water partition coefficient (Wildman–Crippen LogP) is 2.17. The third-order valence-corrected chi connectivity index (χ3v) is 6.90. The van der Waals surface area contributed by atoms with E-state index in [-0.39, 0.29) is 16.6 Å². The zero-order valence-corrected chi connectivity index (χ0v) is 15.3. The van der Waals surface area contributed by atoms with Crippen LogP contribution in [0.3, 0.4) is 0 Å². The molecule has 3 aromatic rings. The van der Waals surface area contributed by atoms with E-state index in [0.717, 1.165) is 11.1 Å². The molecule has 1 atom stereocenters. The Labute approximate surface area is 150 Å². The van der Waals surface area contributed by atoms with Crippen LogP contribution in [0.25, 0.3) is 11.0 Å². The number of H-pyrrole nitrogens is 2. The lowest BCUT2D eigenvalue weighted by Gasteiger charge is -2.34. The number of nitrogens with zero attached hydrogens (tertiary/aromatic N) is 1. The molecule has 2 heterocycles. The lowest BCUT2D eigenvalue weighted by molar-refractivity contribution is 0.324. The fourth-order valence-electron chi connectivity index (χ4n) is 3.53. The Hall–Kier alpha value is -2.58. The summed E-state index contributed by atoms with van der Waals surface area (Å²) in [5.74, 6) is 0.709. The summed E-state index contributed by atoms with van der Waals surface area (Å²) in [6.45, 7) is 2.29. The van der Waals surface area contributed by atoms with Gasteiger partial charge in [0.2, 0.25) is 10.0 Å². The molecular formula is C18H19N3O4S. The van der Waals surface area contributed by atoms with Crippen molar-refractivity contribution in [3.05, 3.63) is 58.0 Å². The monoisotopic (exact) mass is 373 g/mol. The molecule has 1 aromatic heterocycles. The highest BCUT2D eigenvalue weighted by Crippen LogP contribution is 2.35. The lowest BCUT2D eigenvalue weighted by atomic mass is 9.95. The van der Waals surface area contributed by atoms with Crippen molar-refractivity contribution in [2.24, 2.45) is 0 Å². The summed E-state index contributed by atoms with van der Waals surface area (Å²) in [7, 11) is -2.11. The molecule has 4 rings (SSSR count). The SMILES string of the molecule is COc1ccc2c(c1)C(C)N(S(=O)(=O)c1ccc3[nH]c(=O)[nH]c3c1)CC2. The van der Waals surface area contributed by atoms with E-state index in [1.165, 1.54) is 16.4 Å². The van der Waals surface area contributed by atoms with E-state index in [4.69, 9.17) is 4.74 Å². The van der Waals surface area contributed by atoms with Crippen LogP contribution in [0.4, 0.5) is 0 Å². The number of fused-ring (bicyclic) bond motifs is 2. The van der Waals surface area contributed by atoms with Gasteiger partial charge in [0.1, 0.15) is 5.75 Å². The van der Waals surface area contributed by atoms with Crippen molar-refractivity contribution in [3.63, 3.8) is 0 Å². The van der Waals surface area contributed by atoms with Crippen molar-refractivity contribution in [1.29, 1.82) is 0 Å². The summed E-state index contributed by atoms with van der Waals surface area (Å²) in [5, 5.41) is 0. The molecule has 0 saturated carbocycles. The van der Waals surface area contributed by atoms with E-state index in [1.54, 1.807) is 13.2 Å². The molecule has 0 radical (unpaired) electrons. The summed E-state index contributed by atoms with van der Waals surface area (Å²) < 4.78 is 33.2. The maximum atomic E-state index is 13.2. The molecule has 0 spiro atoms. The molecule has 0 amide bonds. The van der Waals surface area contributed by atoms with Gasteiger partial charge >= 0.3 is 5.69 Å². The molecule has 0 aliphatic carbocycles. The molecule has 1 aliphatic heterocycles. The van der Waals surface area contributed by atoms with Crippen LogP contribution in [0.15, 0.2) is 46.1 Å². The number of aromatic nitrogens is 2. The number of aromatic amines is 2. The molecule has 7 nitrogen and oxygen atoms in total. The third kappa shape index (κ3) is 2.62. The van der Waals surface area contributed by atoms with Gasteiger partial charge in [-0.1, -0.05) is 6.07 Å². The minimum Gasteiger partial charge on any atom is -0.497 e. The summed E-state index contributed by atoms with van der Waals surface area (Å²) in [5.41, 5.74) is 2.78. The van der Waals surface area contributed by atoms with Crippen molar-refractivity contribution in [3.8, 4) is 5.75 Å². The zero-order valence-electron chi connectivity index (χ0n) is 14.4. The van der Waals surface area contributed by atoms with Gasteiger partial charge in [-0.15, -0.1) is 0 Å².